The Hall–Kier alpha value is -2.63. The Bertz CT molecular complexity index is 835. The number of hydrogen-bond donors (Lipinski definition) is 0. The normalized spacial score (nSPS) is 14.8. The number of ether oxygens (including phenoxy) is 1. The maximum absolute atomic E-state index is 13.9. The van der Waals surface area contributed by atoms with E-state index < -0.39 is 17.6 Å². The zero-order chi connectivity index (χ0) is 18.0. The molecular formula is C19H15F4NO. The Morgan fingerprint density at radius 1 is 1.00 bits per heavy atom. The first kappa shape index (κ1) is 17.2. The van der Waals surface area contributed by atoms with Gasteiger partial charge in [-0.1, -0.05) is 18.2 Å². The molecule has 1 aliphatic rings. The van der Waals surface area contributed by atoms with Crippen LogP contribution in [0.15, 0.2) is 53.5 Å². The summed E-state index contributed by atoms with van der Waals surface area (Å²) in [5.41, 5.74) is 2.07. The van der Waals surface area contributed by atoms with Crippen molar-refractivity contribution in [2.75, 3.05) is 13.7 Å². The smallest absolute Gasteiger partial charge is 0.416 e. The number of hydrogen-bond acceptors (Lipinski definition) is 2. The lowest BCUT2D eigenvalue weighted by Crippen LogP contribution is -2.08. The number of nitrogens with zero attached hydrogens (tertiary/aromatic N) is 1. The van der Waals surface area contributed by atoms with Gasteiger partial charge in [-0.15, -0.1) is 0 Å². The summed E-state index contributed by atoms with van der Waals surface area (Å²) >= 11 is 0. The molecule has 0 atom stereocenters. The second-order valence-electron chi connectivity index (χ2n) is 5.61. The van der Waals surface area contributed by atoms with Crippen LogP contribution in [0.4, 0.5) is 17.6 Å². The molecule has 0 aliphatic carbocycles. The number of alkyl halides is 3. The fraction of sp³-hybridized carbons (Fsp3) is 0.211. The van der Waals surface area contributed by atoms with Crippen LogP contribution in [0.25, 0.3) is 5.57 Å². The molecule has 2 aromatic carbocycles. The first-order chi connectivity index (χ1) is 11.9. The van der Waals surface area contributed by atoms with E-state index in [1.165, 1.54) is 25.3 Å². The highest BCUT2D eigenvalue weighted by atomic mass is 19.4. The molecule has 6 heteroatoms. The van der Waals surface area contributed by atoms with Crippen molar-refractivity contribution in [1.29, 1.82) is 0 Å². The quantitative estimate of drug-likeness (QED) is 0.704. The Balaban J connectivity index is 1.89. The first-order valence-electron chi connectivity index (χ1n) is 7.65. The van der Waals surface area contributed by atoms with Gasteiger partial charge in [0.2, 0.25) is 0 Å². The summed E-state index contributed by atoms with van der Waals surface area (Å²) in [6, 6.07) is 9.56. The minimum atomic E-state index is -4.37. The number of aliphatic imine (C=N–C) groups is 1. The largest absolute Gasteiger partial charge is 0.494 e. The van der Waals surface area contributed by atoms with Crippen molar-refractivity contribution in [2.24, 2.45) is 4.99 Å². The number of benzene rings is 2. The van der Waals surface area contributed by atoms with Crippen LogP contribution in [0.3, 0.4) is 0 Å². The van der Waals surface area contributed by atoms with Crippen molar-refractivity contribution < 1.29 is 22.3 Å². The molecule has 25 heavy (non-hydrogen) atoms. The van der Waals surface area contributed by atoms with Gasteiger partial charge in [-0.2, -0.15) is 13.2 Å². The first-order valence-corrected chi connectivity index (χ1v) is 7.65. The molecule has 0 radical (unpaired) electrons. The van der Waals surface area contributed by atoms with E-state index in [0.717, 1.165) is 17.7 Å². The van der Waals surface area contributed by atoms with Crippen LogP contribution in [0.2, 0.25) is 0 Å². The van der Waals surface area contributed by atoms with Gasteiger partial charge in [0.25, 0.3) is 0 Å². The Kier molecular flexibility index (Phi) is 4.61. The van der Waals surface area contributed by atoms with Crippen molar-refractivity contribution in [3.05, 3.63) is 71.0 Å². The van der Waals surface area contributed by atoms with Crippen LogP contribution < -0.4 is 4.74 Å². The number of allylic oxidation sites excluding steroid dienone is 1. The SMILES string of the molecule is COc1ccc(C2=CC(c3ccc(C(F)(F)F)cc3)=NCC2)cc1F. The summed E-state index contributed by atoms with van der Waals surface area (Å²) in [6.07, 6.45) is -1.95. The van der Waals surface area contributed by atoms with E-state index in [0.29, 0.717) is 29.8 Å². The van der Waals surface area contributed by atoms with Crippen LogP contribution in [0.1, 0.15) is 23.1 Å². The molecule has 3 rings (SSSR count). The second-order valence-corrected chi connectivity index (χ2v) is 5.61. The Morgan fingerprint density at radius 3 is 2.28 bits per heavy atom. The van der Waals surface area contributed by atoms with E-state index in [4.69, 9.17) is 4.74 Å². The highest BCUT2D eigenvalue weighted by Crippen LogP contribution is 2.30. The van der Waals surface area contributed by atoms with E-state index in [1.54, 1.807) is 18.2 Å². The lowest BCUT2D eigenvalue weighted by atomic mass is 9.96. The van der Waals surface area contributed by atoms with Gasteiger partial charge in [-0.25, -0.2) is 4.39 Å². The molecule has 1 heterocycles. The molecule has 1 aliphatic heterocycles. The fourth-order valence-corrected chi connectivity index (χ4v) is 2.68. The summed E-state index contributed by atoms with van der Waals surface area (Å²) in [5, 5.41) is 0. The zero-order valence-electron chi connectivity index (χ0n) is 13.4. The fourth-order valence-electron chi connectivity index (χ4n) is 2.68. The highest BCUT2D eigenvalue weighted by molar-refractivity contribution is 6.13. The highest BCUT2D eigenvalue weighted by Gasteiger charge is 2.30. The van der Waals surface area contributed by atoms with Gasteiger partial charge < -0.3 is 4.74 Å². The molecular weight excluding hydrogens is 334 g/mol. The van der Waals surface area contributed by atoms with Crippen molar-refractivity contribution in [2.45, 2.75) is 12.6 Å². The van der Waals surface area contributed by atoms with Crippen LogP contribution >= 0.6 is 0 Å². The van der Waals surface area contributed by atoms with Crippen molar-refractivity contribution in [3.8, 4) is 5.75 Å². The molecule has 0 spiro atoms. The monoisotopic (exact) mass is 349 g/mol. The van der Waals surface area contributed by atoms with Gasteiger partial charge in [-0.3, -0.25) is 4.99 Å². The Morgan fingerprint density at radius 2 is 1.68 bits per heavy atom. The second kappa shape index (κ2) is 6.70. The average Bonchev–Trinajstić information content (AvgIpc) is 2.61. The topological polar surface area (TPSA) is 21.6 Å². The average molecular weight is 349 g/mol. The lowest BCUT2D eigenvalue weighted by Gasteiger charge is -2.15. The van der Waals surface area contributed by atoms with Gasteiger partial charge in [0, 0.05) is 6.54 Å². The minimum Gasteiger partial charge on any atom is -0.494 e. The molecule has 2 nitrogen and oxygen atoms in total. The molecule has 0 N–H and O–H groups in total. The summed E-state index contributed by atoms with van der Waals surface area (Å²) in [4.78, 5) is 4.36. The molecule has 0 unspecified atom stereocenters. The maximum Gasteiger partial charge on any atom is 0.416 e. The summed E-state index contributed by atoms with van der Waals surface area (Å²) < 4.78 is 56.8. The number of rotatable bonds is 3. The van der Waals surface area contributed by atoms with Crippen molar-refractivity contribution in [3.63, 3.8) is 0 Å². The van der Waals surface area contributed by atoms with Crippen molar-refractivity contribution in [1.82, 2.24) is 0 Å². The number of dihydropyridines is 1. The predicted octanol–water partition coefficient (Wildman–Crippen LogP) is 5.13. The third-order valence-corrected chi connectivity index (χ3v) is 4.00. The van der Waals surface area contributed by atoms with Gasteiger partial charge in [0.1, 0.15) is 0 Å². The van der Waals surface area contributed by atoms with Gasteiger partial charge >= 0.3 is 6.18 Å². The third kappa shape index (κ3) is 3.73. The van der Waals surface area contributed by atoms with Crippen LogP contribution in [0.5, 0.6) is 5.75 Å². The van der Waals surface area contributed by atoms with E-state index in [2.05, 4.69) is 4.99 Å². The number of methoxy groups -OCH3 is 1. The van der Waals surface area contributed by atoms with E-state index in [-0.39, 0.29) is 5.75 Å². The van der Waals surface area contributed by atoms with E-state index in [9.17, 15) is 17.6 Å². The summed E-state index contributed by atoms with van der Waals surface area (Å²) in [5.74, 6) is -0.295. The number of halogens is 4. The van der Waals surface area contributed by atoms with Crippen LogP contribution in [0, 0.1) is 5.82 Å². The van der Waals surface area contributed by atoms with Gasteiger partial charge in [-0.05, 0) is 53.5 Å². The minimum absolute atomic E-state index is 0.164. The summed E-state index contributed by atoms with van der Waals surface area (Å²) in [6.45, 7) is 0.496. The zero-order valence-corrected chi connectivity index (χ0v) is 13.4. The van der Waals surface area contributed by atoms with Gasteiger partial charge in [0.05, 0.1) is 18.4 Å². The van der Waals surface area contributed by atoms with E-state index >= 15 is 0 Å². The summed E-state index contributed by atoms with van der Waals surface area (Å²) in [7, 11) is 1.40. The Labute approximate surface area is 142 Å². The predicted molar refractivity (Wildman–Crippen MR) is 88.4 cm³/mol. The molecule has 0 aromatic heterocycles. The standard InChI is InChI=1S/C19H15F4NO/c1-25-18-7-4-13(10-16(18)20)14-8-9-24-17(11-14)12-2-5-15(6-3-12)19(21,22)23/h2-7,10-11H,8-9H2,1H3. The molecule has 130 valence electrons. The third-order valence-electron chi connectivity index (χ3n) is 4.00. The molecule has 0 bridgehead atoms. The molecule has 0 amide bonds. The maximum atomic E-state index is 13.9. The van der Waals surface area contributed by atoms with Crippen molar-refractivity contribution >= 4 is 11.3 Å². The molecule has 0 saturated carbocycles. The lowest BCUT2D eigenvalue weighted by molar-refractivity contribution is -0.137. The van der Waals surface area contributed by atoms with Crippen LogP contribution in [-0.2, 0) is 6.18 Å². The molecule has 0 saturated heterocycles. The molecule has 2 aromatic rings. The van der Waals surface area contributed by atoms with Crippen LogP contribution in [-0.4, -0.2) is 19.4 Å². The van der Waals surface area contributed by atoms with Gasteiger partial charge in [0.15, 0.2) is 11.6 Å². The van der Waals surface area contributed by atoms with E-state index in [1.807, 2.05) is 0 Å². The molecule has 0 fully saturated rings.